The van der Waals surface area contributed by atoms with Crippen molar-refractivity contribution < 1.29 is 9.13 Å². The number of ether oxygens (including phenoxy) is 1. The first-order chi connectivity index (χ1) is 8.97. The van der Waals surface area contributed by atoms with Gasteiger partial charge >= 0.3 is 0 Å². The van der Waals surface area contributed by atoms with Gasteiger partial charge in [0.25, 0.3) is 0 Å². The smallest absolute Gasteiger partial charge is 0.148 e. The third-order valence-corrected chi connectivity index (χ3v) is 4.09. The Bertz CT molecular complexity index is 574. The SMILES string of the molecule is CC(N)C(Oc1ccc(F)cc1Cl)c1ccc(Cl)s1. The number of thiophene rings is 1. The zero-order chi connectivity index (χ0) is 14.0. The molecule has 2 rings (SSSR count). The van der Waals surface area contributed by atoms with E-state index in [0.717, 1.165) is 4.88 Å². The van der Waals surface area contributed by atoms with Crippen LogP contribution in [0.15, 0.2) is 30.3 Å². The minimum absolute atomic E-state index is 0.216. The van der Waals surface area contributed by atoms with Crippen LogP contribution in [-0.4, -0.2) is 6.04 Å². The second-order valence-electron chi connectivity index (χ2n) is 4.11. The fraction of sp³-hybridized carbons (Fsp3) is 0.231. The van der Waals surface area contributed by atoms with Crippen molar-refractivity contribution in [3.05, 3.63) is 50.4 Å². The van der Waals surface area contributed by atoms with Gasteiger partial charge in [-0.1, -0.05) is 23.2 Å². The van der Waals surface area contributed by atoms with Crippen LogP contribution in [0.5, 0.6) is 5.75 Å². The molecule has 0 amide bonds. The Hall–Kier alpha value is -0.810. The van der Waals surface area contributed by atoms with Crippen LogP contribution in [0, 0.1) is 5.82 Å². The molecule has 2 aromatic rings. The van der Waals surface area contributed by atoms with Gasteiger partial charge in [0.2, 0.25) is 0 Å². The van der Waals surface area contributed by atoms with Crippen molar-refractivity contribution in [1.29, 1.82) is 0 Å². The van der Waals surface area contributed by atoms with Gasteiger partial charge in [-0.25, -0.2) is 4.39 Å². The fourth-order valence-corrected chi connectivity index (χ4v) is 3.03. The predicted octanol–water partition coefficient (Wildman–Crippen LogP) is 4.66. The van der Waals surface area contributed by atoms with Crippen molar-refractivity contribution in [2.75, 3.05) is 0 Å². The predicted molar refractivity (Wildman–Crippen MR) is 77.8 cm³/mol. The Morgan fingerprint density at radius 3 is 2.53 bits per heavy atom. The minimum Gasteiger partial charge on any atom is -0.482 e. The molecular weight excluding hydrogens is 308 g/mol. The number of benzene rings is 1. The maximum atomic E-state index is 13.0. The molecule has 0 aliphatic carbocycles. The van der Waals surface area contributed by atoms with Crippen molar-refractivity contribution in [3.8, 4) is 5.75 Å². The summed E-state index contributed by atoms with van der Waals surface area (Å²) in [5.74, 6) is -0.0104. The highest BCUT2D eigenvalue weighted by Crippen LogP contribution is 2.34. The van der Waals surface area contributed by atoms with Gasteiger partial charge < -0.3 is 10.5 Å². The zero-order valence-corrected chi connectivity index (χ0v) is 12.4. The fourth-order valence-electron chi connectivity index (χ4n) is 1.61. The Morgan fingerprint density at radius 2 is 2.00 bits per heavy atom. The second-order valence-corrected chi connectivity index (χ2v) is 6.27. The molecule has 0 bridgehead atoms. The highest BCUT2D eigenvalue weighted by molar-refractivity contribution is 7.16. The average molecular weight is 320 g/mol. The van der Waals surface area contributed by atoms with Gasteiger partial charge in [0.1, 0.15) is 17.7 Å². The summed E-state index contributed by atoms with van der Waals surface area (Å²) in [7, 11) is 0. The van der Waals surface area contributed by atoms with Crippen LogP contribution in [0.25, 0.3) is 0 Å². The van der Waals surface area contributed by atoms with E-state index in [1.54, 1.807) is 6.07 Å². The van der Waals surface area contributed by atoms with Crippen LogP contribution in [0.3, 0.4) is 0 Å². The van der Waals surface area contributed by atoms with E-state index in [0.29, 0.717) is 10.1 Å². The molecule has 0 aliphatic heterocycles. The molecule has 6 heteroatoms. The molecule has 0 saturated carbocycles. The molecule has 0 fully saturated rings. The van der Waals surface area contributed by atoms with Gasteiger partial charge in [0.15, 0.2) is 0 Å². The molecule has 0 saturated heterocycles. The highest BCUT2D eigenvalue weighted by Gasteiger charge is 2.21. The Balaban J connectivity index is 2.26. The van der Waals surface area contributed by atoms with Gasteiger partial charge in [-0.05, 0) is 37.3 Å². The molecule has 0 radical (unpaired) electrons. The van der Waals surface area contributed by atoms with Crippen molar-refractivity contribution in [2.24, 2.45) is 5.73 Å². The summed E-state index contributed by atoms with van der Waals surface area (Å²) in [6.07, 6.45) is -0.375. The number of nitrogens with two attached hydrogens (primary N) is 1. The molecule has 1 heterocycles. The molecule has 2 unspecified atom stereocenters. The van der Waals surface area contributed by atoms with Crippen LogP contribution in [0.1, 0.15) is 17.9 Å². The van der Waals surface area contributed by atoms with Gasteiger partial charge in [0.05, 0.1) is 9.36 Å². The Kier molecular flexibility index (Phi) is 4.68. The number of hydrogen-bond acceptors (Lipinski definition) is 3. The van der Waals surface area contributed by atoms with Crippen LogP contribution in [0.2, 0.25) is 9.36 Å². The van der Waals surface area contributed by atoms with Gasteiger partial charge in [-0.15, -0.1) is 11.3 Å². The van der Waals surface area contributed by atoms with Crippen molar-refractivity contribution in [1.82, 2.24) is 0 Å². The number of rotatable bonds is 4. The lowest BCUT2D eigenvalue weighted by Crippen LogP contribution is -2.28. The molecule has 0 spiro atoms. The van der Waals surface area contributed by atoms with Crippen molar-refractivity contribution in [2.45, 2.75) is 19.1 Å². The first-order valence-corrected chi connectivity index (χ1v) is 7.17. The molecule has 1 aromatic heterocycles. The molecular formula is C13H12Cl2FNOS. The van der Waals surface area contributed by atoms with Crippen LogP contribution >= 0.6 is 34.5 Å². The maximum Gasteiger partial charge on any atom is 0.148 e. The van der Waals surface area contributed by atoms with E-state index < -0.39 is 5.82 Å². The van der Waals surface area contributed by atoms with Crippen LogP contribution in [-0.2, 0) is 0 Å². The van der Waals surface area contributed by atoms with Crippen LogP contribution < -0.4 is 10.5 Å². The Morgan fingerprint density at radius 1 is 1.26 bits per heavy atom. The third kappa shape index (κ3) is 3.60. The summed E-state index contributed by atoms with van der Waals surface area (Å²) >= 11 is 13.2. The summed E-state index contributed by atoms with van der Waals surface area (Å²) in [4.78, 5) is 0.903. The maximum absolute atomic E-state index is 13.0. The van der Waals surface area contributed by atoms with E-state index in [2.05, 4.69) is 0 Å². The molecule has 2 N–H and O–H groups in total. The summed E-state index contributed by atoms with van der Waals surface area (Å²) < 4.78 is 19.4. The standard InChI is InChI=1S/C13H12Cl2FNOS/c1-7(17)13(11-4-5-12(15)19-11)18-10-3-2-8(16)6-9(10)14/h2-7,13H,17H2,1H3. The summed E-state index contributed by atoms with van der Waals surface area (Å²) in [6.45, 7) is 1.83. The van der Waals surface area contributed by atoms with E-state index >= 15 is 0 Å². The van der Waals surface area contributed by atoms with Crippen molar-refractivity contribution in [3.63, 3.8) is 0 Å². The quantitative estimate of drug-likeness (QED) is 0.889. The summed E-state index contributed by atoms with van der Waals surface area (Å²) in [5, 5.41) is 0.216. The molecule has 0 aliphatic rings. The topological polar surface area (TPSA) is 35.2 Å². The van der Waals surface area contributed by atoms with Crippen LogP contribution in [0.4, 0.5) is 4.39 Å². The lowest BCUT2D eigenvalue weighted by molar-refractivity contribution is 0.184. The molecule has 1 aromatic carbocycles. The Labute approximate surface area is 124 Å². The van der Waals surface area contributed by atoms with Gasteiger partial charge in [-0.3, -0.25) is 0 Å². The second kappa shape index (κ2) is 6.09. The van der Waals surface area contributed by atoms with E-state index in [4.69, 9.17) is 33.7 Å². The minimum atomic E-state index is -0.408. The first kappa shape index (κ1) is 14.6. The van der Waals surface area contributed by atoms with E-state index in [1.807, 2.05) is 13.0 Å². The average Bonchev–Trinajstić information content (AvgIpc) is 2.74. The zero-order valence-electron chi connectivity index (χ0n) is 10.1. The van der Waals surface area contributed by atoms with Gasteiger partial charge in [0, 0.05) is 10.9 Å². The highest BCUT2D eigenvalue weighted by atomic mass is 35.5. The monoisotopic (exact) mass is 319 g/mol. The number of halogens is 3. The third-order valence-electron chi connectivity index (χ3n) is 2.50. The largest absolute Gasteiger partial charge is 0.482 e. The molecule has 102 valence electrons. The summed E-state index contributed by atoms with van der Waals surface area (Å²) in [5.41, 5.74) is 5.93. The summed E-state index contributed by atoms with van der Waals surface area (Å²) in [6, 6.07) is 7.38. The molecule has 2 nitrogen and oxygen atoms in total. The molecule has 2 atom stereocenters. The van der Waals surface area contributed by atoms with Gasteiger partial charge in [-0.2, -0.15) is 0 Å². The first-order valence-electron chi connectivity index (χ1n) is 5.60. The van der Waals surface area contributed by atoms with E-state index in [1.165, 1.54) is 29.5 Å². The normalized spacial score (nSPS) is 14.2. The molecule has 19 heavy (non-hydrogen) atoms. The van der Waals surface area contributed by atoms with Crippen molar-refractivity contribution >= 4 is 34.5 Å². The number of hydrogen-bond donors (Lipinski definition) is 1. The van der Waals surface area contributed by atoms with E-state index in [9.17, 15) is 4.39 Å². The lowest BCUT2D eigenvalue weighted by Gasteiger charge is -2.22. The lowest BCUT2D eigenvalue weighted by atomic mass is 10.1. The van der Waals surface area contributed by atoms with E-state index in [-0.39, 0.29) is 17.2 Å².